The molecule has 5 heteroatoms. The van der Waals surface area contributed by atoms with E-state index in [9.17, 15) is 0 Å². The first-order chi connectivity index (χ1) is 0. The fourth-order valence-corrected chi connectivity index (χ4v) is 0. The molecule has 53 valence electrons. The van der Waals surface area contributed by atoms with Crippen molar-refractivity contribution >= 4 is 0 Å². The van der Waals surface area contributed by atoms with Gasteiger partial charge in [-0.2, -0.15) is 0 Å². The largest absolute Gasteiger partial charge is 0 e. The summed E-state index contributed by atoms with van der Waals surface area (Å²) in [6, 6.07) is 0. The first kappa shape index (κ1) is 49.9. The zero-order valence-corrected chi connectivity index (χ0v) is 6.34. The second kappa shape index (κ2) is 31.1. The molecule has 0 atom stereocenters. The van der Waals surface area contributed by atoms with Crippen LogP contribution >= 0.6 is 0 Å². The van der Waals surface area contributed by atoms with Crippen LogP contribution in [0.15, 0.2) is 0 Å². The Morgan fingerprint density at radius 1 is 0.400 bits per heavy atom. The molecule has 0 bridgehead atoms. The fraction of sp³-hybridized carbons (Fsp3) is 0. The Morgan fingerprint density at radius 2 is 0.400 bits per heavy atom. The van der Waals surface area contributed by atoms with Crippen molar-refractivity contribution in [3.8, 4) is 0 Å². The minimum absolute atomic E-state index is 0. The zero-order chi connectivity index (χ0) is 0. The Kier molecular flexibility index (Phi) is 310. The van der Waals surface area contributed by atoms with Crippen molar-refractivity contribution in [1.82, 2.24) is 0 Å². The molecule has 0 aliphatic heterocycles. The van der Waals surface area contributed by atoms with Gasteiger partial charge in [0.15, 0.2) is 0 Å². The molecule has 0 unspecified atom stereocenters. The molecule has 0 aliphatic rings. The molecule has 0 aromatic rings. The Balaban J connectivity index is 0. The van der Waals surface area contributed by atoms with Crippen molar-refractivity contribution < 1.29 is 84.2 Å². The van der Waals surface area contributed by atoms with Crippen LogP contribution in [0, 0.1) is 0 Å². The third-order valence-corrected chi connectivity index (χ3v) is 0. The summed E-state index contributed by atoms with van der Waals surface area (Å²) in [4.78, 5) is 0. The monoisotopic (exact) mass is 305 g/mol. The minimum Gasteiger partial charge on any atom is 0 e. The summed E-state index contributed by atoms with van der Waals surface area (Å²) < 4.78 is 0. The van der Waals surface area contributed by atoms with Crippen molar-refractivity contribution in [1.29, 1.82) is 0 Å². The molecule has 0 aliphatic carbocycles. The van der Waals surface area contributed by atoms with Gasteiger partial charge in [0.1, 0.15) is 0 Å². The van der Waals surface area contributed by atoms with Crippen LogP contribution in [0.3, 0.4) is 0 Å². The summed E-state index contributed by atoms with van der Waals surface area (Å²) in [5, 5.41) is 0. The van der Waals surface area contributed by atoms with Crippen LogP contribution in [0.1, 0.15) is 0 Å². The van der Waals surface area contributed by atoms with Crippen LogP contribution in [0.25, 0.3) is 0 Å². The summed E-state index contributed by atoms with van der Waals surface area (Å²) in [6.45, 7) is 0. The first-order valence-corrected chi connectivity index (χ1v) is 0. The first-order valence-electron chi connectivity index (χ1n) is 0. The standard InChI is InChI=1S/3Cu.2Ni. The summed E-state index contributed by atoms with van der Waals surface area (Å²) >= 11 is 0. The topological polar surface area (TPSA) is 0 Å². The molecule has 0 aromatic carbocycles. The van der Waals surface area contributed by atoms with Gasteiger partial charge in [-0.25, -0.2) is 0 Å². The van der Waals surface area contributed by atoms with E-state index < -0.39 is 0 Å². The summed E-state index contributed by atoms with van der Waals surface area (Å²) in [7, 11) is 0. The average Bonchev–Trinajstić information content (AvgIpc) is 0. The molecule has 0 N–H and O–H groups in total. The molecule has 0 spiro atoms. The van der Waals surface area contributed by atoms with Crippen LogP contribution in [-0.4, -0.2) is 0 Å². The van der Waals surface area contributed by atoms with Gasteiger partial charge in [-0.3, -0.25) is 0 Å². The van der Waals surface area contributed by atoms with Crippen molar-refractivity contribution in [2.45, 2.75) is 0 Å². The van der Waals surface area contributed by atoms with E-state index in [0.717, 1.165) is 0 Å². The smallest absolute Gasteiger partial charge is 0 e. The van der Waals surface area contributed by atoms with E-state index in [1.807, 2.05) is 0 Å². The molecule has 0 saturated heterocycles. The summed E-state index contributed by atoms with van der Waals surface area (Å²) in [6.07, 6.45) is 0. The van der Waals surface area contributed by atoms with Crippen LogP contribution in [-0.2, 0) is 84.2 Å². The fourth-order valence-electron chi connectivity index (χ4n) is 0. The van der Waals surface area contributed by atoms with Crippen LogP contribution < -0.4 is 0 Å². The third-order valence-electron chi connectivity index (χ3n) is 0. The van der Waals surface area contributed by atoms with E-state index in [4.69, 9.17) is 0 Å². The van der Waals surface area contributed by atoms with E-state index in [0.29, 0.717) is 0 Å². The predicted octanol–water partition coefficient (Wildman–Crippen LogP) is -0.0125. The van der Waals surface area contributed by atoms with Gasteiger partial charge in [-0.1, -0.05) is 0 Å². The zero-order valence-electron chi connectivity index (χ0n) is 1.54. The Hall–Kier alpha value is 2.55. The van der Waals surface area contributed by atoms with Gasteiger partial charge >= 0.3 is 0 Å². The van der Waals surface area contributed by atoms with E-state index in [2.05, 4.69) is 0 Å². The molecule has 0 fully saturated rings. The van der Waals surface area contributed by atoms with Gasteiger partial charge in [0.05, 0.1) is 0 Å². The maximum Gasteiger partial charge on any atom is 0 e. The van der Waals surface area contributed by atoms with Gasteiger partial charge in [0, 0.05) is 84.2 Å². The molecule has 5 heavy (non-hydrogen) atoms. The van der Waals surface area contributed by atoms with Crippen LogP contribution in [0.2, 0.25) is 0 Å². The number of rotatable bonds is 0. The molecule has 0 rings (SSSR count). The van der Waals surface area contributed by atoms with E-state index >= 15 is 0 Å². The predicted molar refractivity (Wildman–Crippen MR) is 0 cm³/mol. The van der Waals surface area contributed by atoms with Gasteiger partial charge in [-0.15, -0.1) is 0 Å². The molecule has 0 amide bonds. The molecular formula is Cu3Ni2. The van der Waals surface area contributed by atoms with Gasteiger partial charge in [0.2, 0.25) is 0 Å². The van der Waals surface area contributed by atoms with Crippen molar-refractivity contribution in [3.05, 3.63) is 0 Å². The van der Waals surface area contributed by atoms with Gasteiger partial charge < -0.3 is 0 Å². The van der Waals surface area contributed by atoms with Gasteiger partial charge in [0.25, 0.3) is 0 Å². The average molecular weight is 308 g/mol. The molecule has 0 saturated carbocycles. The molecule has 3 radical (unpaired) electrons. The second-order valence-corrected chi connectivity index (χ2v) is 0. The minimum atomic E-state index is 0. The Bertz CT molecular complexity index is 4.85. The Labute approximate surface area is 83.2 Å². The van der Waals surface area contributed by atoms with Gasteiger partial charge in [-0.05, 0) is 0 Å². The Morgan fingerprint density at radius 3 is 0.400 bits per heavy atom. The van der Waals surface area contributed by atoms with Crippen molar-refractivity contribution in [2.75, 3.05) is 0 Å². The SMILES string of the molecule is [Cu].[Cu].[Cu].[Ni].[Ni]. The normalized spacial score (nSPS) is 0. The molecule has 0 aromatic heterocycles. The molecule has 0 nitrogen and oxygen atoms in total. The quantitative estimate of drug-likeness (QED) is 0.552. The van der Waals surface area contributed by atoms with E-state index in [1.54, 1.807) is 0 Å². The maximum atomic E-state index is 0. The molecular weight excluding hydrogens is 308 g/mol. The number of hydrogen-bond donors (Lipinski definition) is 0. The molecule has 0 heterocycles. The van der Waals surface area contributed by atoms with E-state index in [1.165, 1.54) is 0 Å². The van der Waals surface area contributed by atoms with Crippen molar-refractivity contribution in [3.63, 3.8) is 0 Å². The second-order valence-electron chi connectivity index (χ2n) is 0. The van der Waals surface area contributed by atoms with Crippen molar-refractivity contribution in [2.24, 2.45) is 0 Å². The summed E-state index contributed by atoms with van der Waals surface area (Å²) in [5.41, 5.74) is 0. The summed E-state index contributed by atoms with van der Waals surface area (Å²) in [5.74, 6) is 0. The van der Waals surface area contributed by atoms with Crippen LogP contribution in [0.5, 0.6) is 0 Å². The third kappa shape index (κ3) is 20.9. The van der Waals surface area contributed by atoms with E-state index in [-0.39, 0.29) is 84.2 Å². The maximum absolute atomic E-state index is 0. The number of hydrogen-bond acceptors (Lipinski definition) is 0. The van der Waals surface area contributed by atoms with Crippen LogP contribution in [0.4, 0.5) is 0 Å².